The Labute approximate surface area is 165 Å². The van der Waals surface area contributed by atoms with Gasteiger partial charge in [0.05, 0.1) is 11.4 Å². The summed E-state index contributed by atoms with van der Waals surface area (Å²) in [5, 5.41) is 7.91. The van der Waals surface area contributed by atoms with Crippen molar-refractivity contribution in [2.24, 2.45) is 0 Å². The first-order valence-electron chi connectivity index (χ1n) is 8.65. The third-order valence-corrected chi connectivity index (χ3v) is 4.90. The maximum absolute atomic E-state index is 12.1. The Kier molecular flexibility index (Phi) is 4.90. The molecule has 0 bridgehead atoms. The molecule has 0 unspecified atom stereocenters. The Morgan fingerprint density at radius 3 is 2.89 bits per heavy atom. The number of anilines is 2. The van der Waals surface area contributed by atoms with E-state index in [1.807, 2.05) is 48.7 Å². The van der Waals surface area contributed by atoms with Crippen molar-refractivity contribution >= 4 is 40.0 Å². The lowest BCUT2D eigenvalue weighted by Crippen LogP contribution is -2.25. The largest absolute Gasteiger partial charge is 0.482 e. The van der Waals surface area contributed by atoms with E-state index in [1.165, 1.54) is 23.0 Å². The van der Waals surface area contributed by atoms with Gasteiger partial charge in [-0.25, -0.2) is 4.98 Å². The first-order chi connectivity index (χ1) is 13.6. The molecule has 0 spiro atoms. The second-order valence-electron chi connectivity index (χ2n) is 6.32. The van der Waals surface area contributed by atoms with Crippen LogP contribution in [-0.4, -0.2) is 23.4 Å². The van der Waals surface area contributed by atoms with Gasteiger partial charge in [0.15, 0.2) is 11.7 Å². The van der Waals surface area contributed by atoms with E-state index >= 15 is 0 Å². The number of nitrogens with zero attached hydrogens (tertiary/aromatic N) is 1. The van der Waals surface area contributed by atoms with Crippen molar-refractivity contribution in [3.05, 3.63) is 65.0 Å². The summed E-state index contributed by atoms with van der Waals surface area (Å²) in [7, 11) is 0. The van der Waals surface area contributed by atoms with E-state index in [0.717, 1.165) is 11.1 Å². The predicted octanol–water partition coefficient (Wildman–Crippen LogP) is 4.10. The summed E-state index contributed by atoms with van der Waals surface area (Å²) < 4.78 is 5.36. The Hall–Kier alpha value is -3.45. The van der Waals surface area contributed by atoms with Crippen molar-refractivity contribution in [2.75, 3.05) is 17.2 Å². The number of hydrogen-bond acceptors (Lipinski definition) is 5. The number of benzene rings is 2. The second-order valence-corrected chi connectivity index (χ2v) is 7.18. The lowest BCUT2D eigenvalue weighted by Gasteiger charge is -2.18. The van der Waals surface area contributed by atoms with Crippen LogP contribution in [0.15, 0.2) is 53.9 Å². The zero-order chi connectivity index (χ0) is 19.5. The Bertz CT molecular complexity index is 1070. The van der Waals surface area contributed by atoms with Crippen LogP contribution in [-0.2, 0) is 9.59 Å². The highest BCUT2D eigenvalue weighted by molar-refractivity contribution is 7.14. The van der Waals surface area contributed by atoms with Crippen LogP contribution in [0.5, 0.6) is 5.75 Å². The molecule has 1 aromatic heterocycles. The number of fused-ring (bicyclic) bond motifs is 1. The minimum absolute atomic E-state index is 0.0231. The normalized spacial score (nSPS) is 13.0. The number of nitrogens with one attached hydrogen (secondary N) is 2. The molecule has 4 rings (SSSR count). The van der Waals surface area contributed by atoms with Crippen molar-refractivity contribution < 1.29 is 14.3 Å². The van der Waals surface area contributed by atoms with E-state index in [1.54, 1.807) is 12.1 Å². The fourth-order valence-corrected chi connectivity index (χ4v) is 3.43. The van der Waals surface area contributed by atoms with E-state index in [0.29, 0.717) is 22.3 Å². The molecule has 0 saturated carbocycles. The average Bonchev–Trinajstić information content (AvgIpc) is 3.15. The fourth-order valence-electron chi connectivity index (χ4n) is 2.70. The molecule has 7 heteroatoms. The molecule has 0 saturated heterocycles. The van der Waals surface area contributed by atoms with Gasteiger partial charge in [-0.1, -0.05) is 29.8 Å². The molecular weight excluding hydrogens is 374 g/mol. The summed E-state index contributed by atoms with van der Waals surface area (Å²) in [5.74, 6) is 0.206. The van der Waals surface area contributed by atoms with Crippen LogP contribution in [0.3, 0.4) is 0 Å². The van der Waals surface area contributed by atoms with Crippen molar-refractivity contribution in [3.8, 4) is 17.0 Å². The standard InChI is InChI=1S/C21H17N3O3S/c1-13-2-4-14(5-3-13)6-9-19(25)24-21-23-17(12-28-21)15-7-8-18-16(10-15)22-20(26)11-27-18/h2-10,12H,11H2,1H3,(H,22,26)(H,23,24,25)/b9-6+. The van der Waals surface area contributed by atoms with Crippen molar-refractivity contribution in [3.63, 3.8) is 0 Å². The van der Waals surface area contributed by atoms with Gasteiger partial charge >= 0.3 is 0 Å². The molecule has 2 aromatic carbocycles. The molecule has 0 atom stereocenters. The van der Waals surface area contributed by atoms with Crippen LogP contribution < -0.4 is 15.4 Å². The molecule has 2 amide bonds. The van der Waals surface area contributed by atoms with Crippen LogP contribution in [0, 0.1) is 6.92 Å². The third kappa shape index (κ3) is 4.10. The first kappa shape index (κ1) is 17.9. The maximum Gasteiger partial charge on any atom is 0.262 e. The van der Waals surface area contributed by atoms with Crippen LogP contribution in [0.4, 0.5) is 10.8 Å². The summed E-state index contributed by atoms with van der Waals surface area (Å²) in [6, 6.07) is 13.4. The van der Waals surface area contributed by atoms with Crippen LogP contribution in [0.25, 0.3) is 17.3 Å². The van der Waals surface area contributed by atoms with Gasteiger partial charge in [-0.3, -0.25) is 14.9 Å². The smallest absolute Gasteiger partial charge is 0.262 e. The Morgan fingerprint density at radius 2 is 2.07 bits per heavy atom. The number of hydrogen-bond donors (Lipinski definition) is 2. The van der Waals surface area contributed by atoms with E-state index in [2.05, 4.69) is 15.6 Å². The number of aryl methyl sites for hydroxylation is 1. The highest BCUT2D eigenvalue weighted by atomic mass is 32.1. The van der Waals surface area contributed by atoms with Crippen molar-refractivity contribution in [1.82, 2.24) is 4.98 Å². The Balaban J connectivity index is 1.44. The Morgan fingerprint density at radius 1 is 1.25 bits per heavy atom. The van der Waals surface area contributed by atoms with E-state index in [9.17, 15) is 9.59 Å². The summed E-state index contributed by atoms with van der Waals surface area (Å²) >= 11 is 1.34. The molecule has 28 heavy (non-hydrogen) atoms. The van der Waals surface area contributed by atoms with Gasteiger partial charge in [0.1, 0.15) is 5.75 Å². The molecular formula is C21H17N3O3S. The number of carbonyl (C=O) groups is 2. The van der Waals surface area contributed by atoms with E-state index in [4.69, 9.17) is 4.74 Å². The molecule has 0 aliphatic carbocycles. The predicted molar refractivity (Wildman–Crippen MR) is 111 cm³/mol. The summed E-state index contributed by atoms with van der Waals surface area (Å²) in [5.41, 5.74) is 4.29. The highest BCUT2D eigenvalue weighted by Crippen LogP contribution is 2.33. The maximum atomic E-state index is 12.1. The van der Waals surface area contributed by atoms with Gasteiger partial charge in [-0.05, 0) is 36.8 Å². The third-order valence-electron chi connectivity index (χ3n) is 4.15. The lowest BCUT2D eigenvalue weighted by molar-refractivity contribution is -0.118. The summed E-state index contributed by atoms with van der Waals surface area (Å²) in [6.45, 7) is 2.04. The molecule has 3 aromatic rings. The average molecular weight is 391 g/mol. The molecule has 2 N–H and O–H groups in total. The number of aromatic nitrogens is 1. The van der Waals surface area contributed by atoms with E-state index < -0.39 is 0 Å². The molecule has 1 aliphatic rings. The van der Waals surface area contributed by atoms with Crippen molar-refractivity contribution in [1.29, 1.82) is 0 Å². The number of ether oxygens (including phenoxy) is 1. The van der Waals surface area contributed by atoms with Gasteiger partial charge in [-0.15, -0.1) is 11.3 Å². The molecule has 2 heterocycles. The van der Waals surface area contributed by atoms with Gasteiger partial charge in [0.2, 0.25) is 5.91 Å². The van der Waals surface area contributed by atoms with Crippen LogP contribution in [0.2, 0.25) is 0 Å². The SMILES string of the molecule is Cc1ccc(/C=C/C(=O)Nc2nc(-c3ccc4c(c3)NC(=O)CO4)cs2)cc1. The first-order valence-corrected chi connectivity index (χ1v) is 9.53. The quantitative estimate of drug-likeness (QED) is 0.656. The minimum atomic E-state index is -0.243. The molecule has 0 fully saturated rings. The second kappa shape index (κ2) is 7.66. The van der Waals surface area contributed by atoms with Gasteiger partial charge in [0.25, 0.3) is 5.91 Å². The summed E-state index contributed by atoms with van der Waals surface area (Å²) in [6.07, 6.45) is 3.24. The van der Waals surface area contributed by atoms with Gasteiger partial charge in [0, 0.05) is 17.0 Å². The number of rotatable bonds is 4. The van der Waals surface area contributed by atoms with Crippen molar-refractivity contribution in [2.45, 2.75) is 6.92 Å². The topological polar surface area (TPSA) is 80.3 Å². The molecule has 140 valence electrons. The number of thiazole rings is 1. The van der Waals surface area contributed by atoms with Gasteiger partial charge in [-0.2, -0.15) is 0 Å². The zero-order valence-electron chi connectivity index (χ0n) is 15.1. The zero-order valence-corrected chi connectivity index (χ0v) is 15.9. The van der Waals surface area contributed by atoms with Gasteiger partial charge < -0.3 is 10.1 Å². The van der Waals surface area contributed by atoms with E-state index in [-0.39, 0.29) is 18.4 Å². The van der Waals surface area contributed by atoms with Crippen LogP contribution in [0.1, 0.15) is 11.1 Å². The van der Waals surface area contributed by atoms with Crippen LogP contribution >= 0.6 is 11.3 Å². The fraction of sp³-hybridized carbons (Fsp3) is 0.0952. The molecule has 1 aliphatic heterocycles. The number of amides is 2. The molecule has 0 radical (unpaired) electrons. The summed E-state index contributed by atoms with van der Waals surface area (Å²) in [4.78, 5) is 28.1. The monoisotopic (exact) mass is 391 g/mol. The molecule has 6 nitrogen and oxygen atoms in total. The lowest BCUT2D eigenvalue weighted by atomic mass is 10.1. The number of carbonyl (C=O) groups excluding carboxylic acids is 2. The highest BCUT2D eigenvalue weighted by Gasteiger charge is 2.17. The minimum Gasteiger partial charge on any atom is -0.482 e.